The highest BCUT2D eigenvalue weighted by Gasteiger charge is 2.40. The van der Waals surface area contributed by atoms with E-state index in [4.69, 9.17) is 14.2 Å². The van der Waals surface area contributed by atoms with E-state index >= 15 is 0 Å². The van der Waals surface area contributed by atoms with Crippen LogP contribution in [0.4, 0.5) is 4.79 Å². The van der Waals surface area contributed by atoms with Gasteiger partial charge in [-0.3, -0.25) is 14.5 Å². The summed E-state index contributed by atoms with van der Waals surface area (Å²) in [6, 6.07) is 31.8. The average Bonchev–Trinajstić information content (AvgIpc) is 3.73. The summed E-state index contributed by atoms with van der Waals surface area (Å²) in [5, 5.41) is 13.0. The molecule has 1 unspecified atom stereocenters. The van der Waals surface area contributed by atoms with Gasteiger partial charge in [-0.05, 0) is 39.4 Å². The first-order chi connectivity index (χ1) is 26.2. The number of hydrogen-bond acceptors (Lipinski definition) is 9. The molecule has 3 amide bonds. The number of aryl methyl sites for hydroxylation is 1. The van der Waals surface area contributed by atoms with Crippen LogP contribution in [0, 0.1) is 5.92 Å². The van der Waals surface area contributed by atoms with E-state index in [-0.39, 0.29) is 50.2 Å². The molecule has 11 nitrogen and oxygen atoms in total. The van der Waals surface area contributed by atoms with Crippen LogP contribution in [-0.2, 0) is 50.6 Å². The molecule has 4 aromatic carbocycles. The van der Waals surface area contributed by atoms with Gasteiger partial charge < -0.3 is 29.2 Å². The summed E-state index contributed by atoms with van der Waals surface area (Å²) in [7, 11) is 1.97. The van der Waals surface area contributed by atoms with Gasteiger partial charge in [0, 0.05) is 36.7 Å². The zero-order valence-electron chi connectivity index (χ0n) is 30.0. The number of alkyl carbamates (subject to hydrolysis) is 1. The summed E-state index contributed by atoms with van der Waals surface area (Å²) < 4.78 is 20.5. The predicted molar refractivity (Wildman–Crippen MR) is 203 cm³/mol. The number of hydrogen-bond donors (Lipinski definition) is 2. The SMILES string of the molecule is C[C@@H]1[C@H](CSc2nccn2C)O[C@H](c2ccc(-c3cccc(CN4C(=O)CC(NC(=O)OCc5ccccc5)C4=O)c3)cc2)O[C@@H]1c1ccc(CO)cc1. The van der Waals surface area contributed by atoms with Crippen molar-refractivity contribution in [3.63, 3.8) is 0 Å². The van der Waals surface area contributed by atoms with Gasteiger partial charge in [-0.2, -0.15) is 0 Å². The first-order valence-corrected chi connectivity index (χ1v) is 18.9. The molecule has 0 saturated carbocycles. The highest BCUT2D eigenvalue weighted by atomic mass is 32.2. The molecule has 2 saturated heterocycles. The molecule has 5 atom stereocenters. The number of likely N-dealkylation sites (tertiary alicyclic amines) is 1. The largest absolute Gasteiger partial charge is 0.445 e. The van der Waals surface area contributed by atoms with E-state index in [9.17, 15) is 19.5 Å². The van der Waals surface area contributed by atoms with Gasteiger partial charge in [0.1, 0.15) is 12.6 Å². The number of carbonyl (C=O) groups excluding carboxylic acids is 3. The van der Waals surface area contributed by atoms with E-state index in [2.05, 4.69) is 17.2 Å². The molecule has 54 heavy (non-hydrogen) atoms. The van der Waals surface area contributed by atoms with Gasteiger partial charge >= 0.3 is 6.09 Å². The molecule has 7 rings (SSSR count). The standard InChI is InChI=1S/C42H42N4O7S/c1-27-36(26-54-41-43-19-20-45(41)2)52-40(53-38(27)32-13-11-28(24-47)12-14-32)33-17-15-31(16-18-33)34-10-6-9-30(21-34)23-46-37(48)22-35(39(46)49)44-42(50)51-25-29-7-4-3-5-8-29/h3-21,27,35-36,38,40,47H,22-26H2,1-2H3,(H,44,50)/t27-,35?,36+,38+,40+/m1/s1. The van der Waals surface area contributed by atoms with E-state index in [1.807, 2.05) is 121 Å². The van der Waals surface area contributed by atoms with Crippen LogP contribution in [0.5, 0.6) is 0 Å². The van der Waals surface area contributed by atoms with Crippen LogP contribution in [0.25, 0.3) is 11.1 Å². The maximum Gasteiger partial charge on any atom is 0.408 e. The Labute approximate surface area is 318 Å². The van der Waals surface area contributed by atoms with Crippen molar-refractivity contribution in [1.29, 1.82) is 0 Å². The van der Waals surface area contributed by atoms with Crippen molar-refractivity contribution in [2.75, 3.05) is 5.75 Å². The van der Waals surface area contributed by atoms with E-state index in [0.29, 0.717) is 5.75 Å². The molecule has 0 spiro atoms. The molecule has 2 fully saturated rings. The van der Waals surface area contributed by atoms with Gasteiger partial charge in [-0.15, -0.1) is 0 Å². The Balaban J connectivity index is 1.01. The fourth-order valence-corrected chi connectivity index (χ4v) is 7.79. The van der Waals surface area contributed by atoms with Crippen molar-refractivity contribution >= 4 is 29.7 Å². The maximum atomic E-state index is 13.2. The monoisotopic (exact) mass is 746 g/mol. The van der Waals surface area contributed by atoms with E-state index in [0.717, 1.165) is 44.1 Å². The minimum atomic E-state index is -0.976. The van der Waals surface area contributed by atoms with Crippen LogP contribution < -0.4 is 5.32 Å². The molecule has 3 heterocycles. The van der Waals surface area contributed by atoms with Crippen LogP contribution in [-0.4, -0.2) is 55.4 Å². The fourth-order valence-electron chi connectivity index (χ4n) is 6.69. The smallest absolute Gasteiger partial charge is 0.408 e. The Morgan fingerprint density at radius 1 is 0.907 bits per heavy atom. The van der Waals surface area contributed by atoms with E-state index in [1.165, 1.54) is 4.90 Å². The fraction of sp³-hybridized carbons (Fsp3) is 0.286. The summed E-state index contributed by atoms with van der Waals surface area (Å²) >= 11 is 1.65. The van der Waals surface area contributed by atoms with Crippen LogP contribution in [0.3, 0.4) is 0 Å². The van der Waals surface area contributed by atoms with E-state index < -0.39 is 24.3 Å². The van der Waals surface area contributed by atoms with Gasteiger partial charge in [-0.25, -0.2) is 9.78 Å². The van der Waals surface area contributed by atoms with Gasteiger partial charge in [-0.1, -0.05) is 116 Å². The summed E-state index contributed by atoms with van der Waals surface area (Å²) in [6.07, 6.45) is 1.87. The van der Waals surface area contributed by atoms with Gasteiger partial charge in [0.15, 0.2) is 11.4 Å². The molecule has 278 valence electrons. The lowest BCUT2D eigenvalue weighted by molar-refractivity contribution is -0.268. The summed E-state index contributed by atoms with van der Waals surface area (Å²) in [4.78, 5) is 44.1. The second kappa shape index (κ2) is 16.8. The number of imidazole rings is 1. The highest BCUT2D eigenvalue weighted by Crippen LogP contribution is 2.43. The van der Waals surface area contributed by atoms with Crippen molar-refractivity contribution in [2.24, 2.45) is 13.0 Å². The number of benzene rings is 4. The average molecular weight is 747 g/mol. The van der Waals surface area contributed by atoms with E-state index in [1.54, 1.807) is 18.0 Å². The first kappa shape index (κ1) is 37.1. The number of thioether (sulfide) groups is 1. The minimum Gasteiger partial charge on any atom is -0.445 e. The number of nitrogens with zero attached hydrogens (tertiary/aromatic N) is 3. The second-order valence-corrected chi connectivity index (χ2v) is 14.5. The Morgan fingerprint density at radius 3 is 2.37 bits per heavy atom. The lowest BCUT2D eigenvalue weighted by atomic mass is 9.91. The van der Waals surface area contributed by atoms with Crippen LogP contribution >= 0.6 is 11.8 Å². The van der Waals surface area contributed by atoms with Crippen LogP contribution in [0.2, 0.25) is 0 Å². The summed E-state index contributed by atoms with van der Waals surface area (Å²) in [5.41, 5.74) is 6.20. The molecule has 0 bridgehead atoms. The molecular weight excluding hydrogens is 705 g/mol. The molecule has 0 radical (unpaired) electrons. The maximum absolute atomic E-state index is 13.2. The summed E-state index contributed by atoms with van der Waals surface area (Å²) in [5.74, 6) is -0.0827. The number of rotatable bonds is 12. The Bertz CT molecular complexity index is 2070. The third-order valence-corrected chi connectivity index (χ3v) is 11.0. The molecule has 1 aromatic heterocycles. The normalized spacial score (nSPS) is 21.3. The highest BCUT2D eigenvalue weighted by molar-refractivity contribution is 7.99. The van der Waals surface area contributed by atoms with Crippen LogP contribution in [0.15, 0.2) is 121 Å². The van der Waals surface area contributed by atoms with Crippen molar-refractivity contribution in [2.45, 2.75) is 62.8 Å². The Hall–Kier alpha value is -5.27. The minimum absolute atomic E-state index is 0.0222. The van der Waals surface area contributed by atoms with Gasteiger partial charge in [0.2, 0.25) is 5.91 Å². The Morgan fingerprint density at radius 2 is 1.65 bits per heavy atom. The third kappa shape index (κ3) is 8.58. The molecule has 2 aliphatic heterocycles. The Kier molecular flexibility index (Phi) is 11.5. The number of aromatic nitrogens is 2. The third-order valence-electron chi connectivity index (χ3n) is 9.81. The van der Waals surface area contributed by atoms with Crippen molar-refractivity contribution < 1.29 is 33.7 Å². The van der Waals surface area contributed by atoms with Gasteiger partial charge in [0.05, 0.1) is 31.8 Å². The molecule has 5 aromatic rings. The number of imide groups is 1. The molecule has 12 heteroatoms. The van der Waals surface area contributed by atoms with Crippen LogP contribution in [0.1, 0.15) is 53.6 Å². The van der Waals surface area contributed by atoms with Crippen molar-refractivity contribution in [1.82, 2.24) is 19.8 Å². The van der Waals surface area contributed by atoms with Crippen molar-refractivity contribution in [3.8, 4) is 11.1 Å². The topological polar surface area (TPSA) is 132 Å². The van der Waals surface area contributed by atoms with Crippen molar-refractivity contribution in [3.05, 3.63) is 143 Å². The number of amides is 3. The lowest BCUT2D eigenvalue weighted by Crippen LogP contribution is -2.41. The predicted octanol–water partition coefficient (Wildman–Crippen LogP) is 6.72. The zero-order valence-corrected chi connectivity index (χ0v) is 30.9. The number of aliphatic hydroxyl groups is 1. The number of carbonyl (C=O) groups is 3. The number of ether oxygens (including phenoxy) is 3. The zero-order chi connectivity index (χ0) is 37.6. The lowest BCUT2D eigenvalue weighted by Gasteiger charge is -2.41. The number of aliphatic hydroxyl groups excluding tert-OH is 1. The summed E-state index contributed by atoms with van der Waals surface area (Å²) in [6.45, 7) is 2.26. The molecule has 2 aliphatic rings. The first-order valence-electron chi connectivity index (χ1n) is 17.9. The van der Waals surface area contributed by atoms with Gasteiger partial charge in [0.25, 0.3) is 5.91 Å². The molecule has 2 N–H and O–H groups in total. The quantitative estimate of drug-likeness (QED) is 0.106. The number of nitrogens with one attached hydrogen (secondary N) is 1. The molecular formula is C42H42N4O7S. The second-order valence-electron chi connectivity index (χ2n) is 13.6. The molecule has 0 aliphatic carbocycles.